The van der Waals surface area contributed by atoms with Crippen molar-refractivity contribution in [2.75, 3.05) is 7.11 Å². The highest BCUT2D eigenvalue weighted by molar-refractivity contribution is 6.17. The summed E-state index contributed by atoms with van der Waals surface area (Å²) in [5.74, 6) is 0.934. The summed E-state index contributed by atoms with van der Waals surface area (Å²) in [6, 6.07) is 3.17. The average Bonchev–Trinajstić information content (AvgIpc) is 2.06. The number of hydrogen-bond acceptors (Lipinski definition) is 4. The van der Waals surface area contributed by atoms with Gasteiger partial charge in [0.1, 0.15) is 5.75 Å². The van der Waals surface area contributed by atoms with Gasteiger partial charge in [-0.1, -0.05) is 0 Å². The van der Waals surface area contributed by atoms with Crippen molar-refractivity contribution in [3.8, 4) is 11.6 Å². The van der Waals surface area contributed by atoms with Gasteiger partial charge in [-0.25, -0.2) is 4.98 Å². The minimum absolute atomic E-state index is 0.448. The zero-order valence-corrected chi connectivity index (χ0v) is 6.02. The van der Waals surface area contributed by atoms with Crippen LogP contribution in [0.15, 0.2) is 18.3 Å². The third-order valence-corrected chi connectivity index (χ3v) is 1.10. The topological polar surface area (TPSA) is 51.6 Å². The van der Waals surface area contributed by atoms with E-state index in [9.17, 15) is 0 Å². The molecule has 1 rings (SSSR count). The van der Waals surface area contributed by atoms with Gasteiger partial charge in [0.2, 0.25) is 5.88 Å². The lowest BCUT2D eigenvalue weighted by atomic mass is 10.3. The van der Waals surface area contributed by atoms with Gasteiger partial charge in [-0.2, -0.15) is 0 Å². The second-order valence-electron chi connectivity index (χ2n) is 1.76. The van der Waals surface area contributed by atoms with Crippen molar-refractivity contribution in [3.05, 3.63) is 18.3 Å². The third kappa shape index (κ3) is 2.12. The summed E-state index contributed by atoms with van der Waals surface area (Å²) >= 11 is 0. The highest BCUT2D eigenvalue weighted by atomic mass is 16.5. The molecule has 0 atom stereocenters. The van der Waals surface area contributed by atoms with E-state index >= 15 is 0 Å². The van der Waals surface area contributed by atoms with E-state index in [2.05, 4.69) is 9.64 Å². The van der Waals surface area contributed by atoms with Gasteiger partial charge in [0.15, 0.2) is 0 Å². The Morgan fingerprint density at radius 2 is 2.45 bits per heavy atom. The van der Waals surface area contributed by atoms with Gasteiger partial charge in [-0.15, -0.1) is 0 Å². The molecule has 1 heterocycles. The molecule has 0 unspecified atom stereocenters. The molecule has 0 amide bonds. The molecule has 1 aromatic rings. The van der Waals surface area contributed by atoms with Crippen molar-refractivity contribution < 1.29 is 14.4 Å². The van der Waals surface area contributed by atoms with Crippen molar-refractivity contribution in [1.82, 2.24) is 4.98 Å². The Kier molecular flexibility index (Phi) is 2.74. The summed E-state index contributed by atoms with van der Waals surface area (Å²) < 4.78 is 9.47. The highest BCUT2D eigenvalue weighted by Crippen LogP contribution is 2.14. The van der Waals surface area contributed by atoms with Crippen LogP contribution in [-0.4, -0.2) is 24.8 Å². The molecule has 4 nitrogen and oxygen atoms in total. The van der Waals surface area contributed by atoms with Gasteiger partial charge in [-0.3, -0.25) is 0 Å². The first-order valence-electron chi connectivity index (χ1n) is 2.99. The number of rotatable bonds is 3. The van der Waals surface area contributed by atoms with Crippen LogP contribution >= 0.6 is 0 Å². The zero-order valence-electron chi connectivity index (χ0n) is 6.02. The summed E-state index contributed by atoms with van der Waals surface area (Å²) in [6.45, 7) is 0. The molecule has 0 bridgehead atoms. The first kappa shape index (κ1) is 7.88. The number of ether oxygens (including phenoxy) is 1. The van der Waals surface area contributed by atoms with E-state index in [1.54, 1.807) is 12.1 Å². The Morgan fingerprint density at radius 3 is 3.09 bits per heavy atom. The minimum Gasteiger partial charge on any atom is -0.537 e. The number of hydrogen-bond donors (Lipinski definition) is 1. The fraction of sp³-hybridized carbons (Fsp3) is 0.167. The molecule has 5 heteroatoms. The second kappa shape index (κ2) is 3.83. The molecule has 0 aliphatic rings. The molecule has 0 spiro atoms. The van der Waals surface area contributed by atoms with Crippen molar-refractivity contribution >= 4 is 7.69 Å². The van der Waals surface area contributed by atoms with Crippen LogP contribution in [0.4, 0.5) is 0 Å². The average molecular weight is 152 g/mol. The first-order chi connectivity index (χ1) is 5.36. The fourth-order valence-electron chi connectivity index (χ4n) is 0.637. The summed E-state index contributed by atoms with van der Waals surface area (Å²) in [5, 5.41) is 8.27. The van der Waals surface area contributed by atoms with E-state index in [0.29, 0.717) is 19.3 Å². The number of aromatic nitrogens is 1. The van der Waals surface area contributed by atoms with Crippen molar-refractivity contribution in [3.63, 3.8) is 0 Å². The maximum absolute atomic E-state index is 8.27. The second-order valence-corrected chi connectivity index (χ2v) is 1.76. The number of methoxy groups -OCH3 is 1. The maximum atomic E-state index is 8.27. The smallest absolute Gasteiger partial charge is 0.537 e. The van der Waals surface area contributed by atoms with Gasteiger partial charge in [0, 0.05) is 12.3 Å². The van der Waals surface area contributed by atoms with Crippen molar-refractivity contribution in [2.24, 2.45) is 0 Å². The molecule has 1 aromatic heterocycles. The molecule has 0 saturated heterocycles. The van der Waals surface area contributed by atoms with Crippen LogP contribution in [0.3, 0.4) is 0 Å². The molecule has 0 aliphatic heterocycles. The standard InChI is InChI=1S/C6H7BNO3/c1-10-6-4-5(11-7-9)2-3-8-6/h2-4,9H,1H3. The lowest BCUT2D eigenvalue weighted by Crippen LogP contribution is -2.00. The molecule has 1 radical (unpaired) electrons. The van der Waals surface area contributed by atoms with E-state index in [0.717, 1.165) is 0 Å². The lowest BCUT2D eigenvalue weighted by Gasteiger charge is -2.01. The van der Waals surface area contributed by atoms with Gasteiger partial charge in [-0.05, 0) is 6.07 Å². The summed E-state index contributed by atoms with van der Waals surface area (Å²) in [6.07, 6.45) is 1.53. The summed E-state index contributed by atoms with van der Waals surface area (Å²) in [4.78, 5) is 3.84. The Hall–Kier alpha value is -1.23. The quantitative estimate of drug-likeness (QED) is 0.619. The first-order valence-corrected chi connectivity index (χ1v) is 2.99. The number of pyridine rings is 1. The molecule has 0 fully saturated rings. The lowest BCUT2D eigenvalue weighted by molar-refractivity contribution is 0.393. The summed E-state index contributed by atoms with van der Waals surface area (Å²) in [5.41, 5.74) is 0. The highest BCUT2D eigenvalue weighted by Gasteiger charge is 1.96. The monoisotopic (exact) mass is 152 g/mol. The molecule has 11 heavy (non-hydrogen) atoms. The van der Waals surface area contributed by atoms with Gasteiger partial charge in [0.25, 0.3) is 0 Å². The third-order valence-electron chi connectivity index (χ3n) is 1.10. The predicted molar refractivity (Wildman–Crippen MR) is 39.4 cm³/mol. The normalized spacial score (nSPS) is 8.91. The molecule has 0 aromatic carbocycles. The van der Waals surface area contributed by atoms with Crippen molar-refractivity contribution in [2.45, 2.75) is 0 Å². The minimum atomic E-state index is 0.448. The predicted octanol–water partition coefficient (Wildman–Crippen LogP) is -0.00450. The molecule has 57 valence electrons. The van der Waals surface area contributed by atoms with Gasteiger partial charge >= 0.3 is 7.69 Å². The van der Waals surface area contributed by atoms with Crippen molar-refractivity contribution in [1.29, 1.82) is 0 Å². The Labute approximate surface area is 65.1 Å². The van der Waals surface area contributed by atoms with E-state index in [1.165, 1.54) is 13.3 Å². The molecular formula is C6H7BNO3. The molecular weight excluding hydrogens is 145 g/mol. The van der Waals surface area contributed by atoms with Crippen LogP contribution in [0, 0.1) is 0 Å². The largest absolute Gasteiger partial charge is 0.569 e. The van der Waals surface area contributed by atoms with Crippen LogP contribution in [0.2, 0.25) is 0 Å². The Bertz CT molecular complexity index is 231. The van der Waals surface area contributed by atoms with Crippen LogP contribution in [-0.2, 0) is 0 Å². The Balaban J connectivity index is 2.74. The van der Waals surface area contributed by atoms with Crippen LogP contribution in [0.5, 0.6) is 11.6 Å². The van der Waals surface area contributed by atoms with Gasteiger partial charge < -0.3 is 14.4 Å². The van der Waals surface area contributed by atoms with E-state index in [-0.39, 0.29) is 0 Å². The van der Waals surface area contributed by atoms with E-state index in [1.807, 2.05) is 0 Å². The zero-order chi connectivity index (χ0) is 8.10. The fourth-order valence-corrected chi connectivity index (χ4v) is 0.637. The van der Waals surface area contributed by atoms with Gasteiger partial charge in [0.05, 0.1) is 7.11 Å². The van der Waals surface area contributed by atoms with Crippen LogP contribution < -0.4 is 9.39 Å². The number of nitrogens with zero attached hydrogens (tertiary/aromatic N) is 1. The maximum Gasteiger partial charge on any atom is 0.569 e. The van der Waals surface area contributed by atoms with Crippen LogP contribution in [0.25, 0.3) is 0 Å². The van der Waals surface area contributed by atoms with Crippen LogP contribution in [0.1, 0.15) is 0 Å². The molecule has 0 saturated carbocycles. The van der Waals surface area contributed by atoms with E-state index < -0.39 is 0 Å². The molecule has 1 N–H and O–H groups in total. The SMILES string of the molecule is COc1cc(O[B]O)ccn1. The van der Waals surface area contributed by atoms with E-state index in [4.69, 9.17) is 9.76 Å². The summed E-state index contributed by atoms with van der Waals surface area (Å²) in [7, 11) is 2.11. The Morgan fingerprint density at radius 1 is 1.64 bits per heavy atom. The molecule has 0 aliphatic carbocycles.